The van der Waals surface area contributed by atoms with Crippen LogP contribution in [0.2, 0.25) is 0 Å². The predicted octanol–water partition coefficient (Wildman–Crippen LogP) is 2.26. The molecule has 2 rings (SSSR count). The summed E-state index contributed by atoms with van der Waals surface area (Å²) < 4.78 is 10.7. The number of aliphatic hydroxyl groups is 1. The summed E-state index contributed by atoms with van der Waals surface area (Å²) in [6.07, 6.45) is 6.01. The predicted molar refractivity (Wildman–Crippen MR) is 66.0 cm³/mol. The van der Waals surface area contributed by atoms with E-state index in [1.165, 1.54) is 32.1 Å². The molecule has 1 aromatic heterocycles. The van der Waals surface area contributed by atoms with Crippen LogP contribution in [0.5, 0.6) is 0 Å². The molecule has 0 amide bonds. The molecule has 5 heteroatoms. The van der Waals surface area contributed by atoms with Gasteiger partial charge in [-0.1, -0.05) is 24.4 Å². The van der Waals surface area contributed by atoms with Crippen LogP contribution in [0.15, 0.2) is 4.52 Å². The van der Waals surface area contributed by atoms with Crippen LogP contribution in [0.25, 0.3) is 0 Å². The first-order valence-electron chi connectivity index (χ1n) is 6.74. The molecule has 1 fully saturated rings. The molecule has 0 saturated heterocycles. The number of rotatable bonds is 5. The number of hydrogen-bond donors (Lipinski definition) is 1. The van der Waals surface area contributed by atoms with Crippen molar-refractivity contribution < 1.29 is 14.4 Å². The first-order valence-corrected chi connectivity index (χ1v) is 6.74. The maximum absolute atomic E-state index is 9.30. The molecular weight excluding hydrogens is 232 g/mol. The number of hydrogen-bond acceptors (Lipinski definition) is 5. The zero-order valence-corrected chi connectivity index (χ0v) is 11.1. The van der Waals surface area contributed by atoms with Gasteiger partial charge in [0, 0.05) is 7.11 Å². The number of aliphatic hydroxyl groups excluding tert-OH is 1. The standard InChI is InChI=1S/C13H22N2O3/c1-9(16)8-11-14-13(15-18-11)12(17-2)10-6-4-3-5-7-10/h9-10,12,16H,3-8H2,1-2H3. The molecule has 0 radical (unpaired) electrons. The molecule has 1 aromatic rings. The van der Waals surface area contributed by atoms with Crippen molar-refractivity contribution in [3.05, 3.63) is 11.7 Å². The molecule has 1 aliphatic carbocycles. The Morgan fingerprint density at radius 2 is 2.11 bits per heavy atom. The Kier molecular flexibility index (Phi) is 4.72. The van der Waals surface area contributed by atoms with Crippen molar-refractivity contribution in [1.29, 1.82) is 0 Å². The highest BCUT2D eigenvalue weighted by atomic mass is 16.5. The van der Waals surface area contributed by atoms with Gasteiger partial charge in [0.1, 0.15) is 6.10 Å². The van der Waals surface area contributed by atoms with Gasteiger partial charge in [0.2, 0.25) is 11.7 Å². The van der Waals surface area contributed by atoms with Crippen LogP contribution in [-0.4, -0.2) is 28.5 Å². The molecule has 1 aliphatic rings. The Bertz CT molecular complexity index is 359. The molecule has 1 saturated carbocycles. The van der Waals surface area contributed by atoms with Crippen LogP contribution in [-0.2, 0) is 11.2 Å². The third-order valence-electron chi connectivity index (χ3n) is 3.54. The van der Waals surface area contributed by atoms with Gasteiger partial charge in [-0.3, -0.25) is 0 Å². The minimum Gasteiger partial charge on any atom is -0.393 e. The Hall–Kier alpha value is -0.940. The lowest BCUT2D eigenvalue weighted by atomic mass is 9.85. The van der Waals surface area contributed by atoms with E-state index in [4.69, 9.17) is 9.26 Å². The number of nitrogens with zero attached hydrogens (tertiary/aromatic N) is 2. The van der Waals surface area contributed by atoms with Gasteiger partial charge in [0.15, 0.2) is 0 Å². The summed E-state index contributed by atoms with van der Waals surface area (Å²) in [5.41, 5.74) is 0. The van der Waals surface area contributed by atoms with E-state index in [1.54, 1.807) is 14.0 Å². The maximum Gasteiger partial charge on any atom is 0.229 e. The van der Waals surface area contributed by atoms with E-state index in [9.17, 15) is 5.11 Å². The van der Waals surface area contributed by atoms with Crippen molar-refractivity contribution in [2.75, 3.05) is 7.11 Å². The molecule has 2 atom stereocenters. The highest BCUT2D eigenvalue weighted by Crippen LogP contribution is 2.35. The van der Waals surface area contributed by atoms with Crippen LogP contribution in [0.4, 0.5) is 0 Å². The smallest absolute Gasteiger partial charge is 0.229 e. The molecule has 0 aliphatic heterocycles. The molecule has 1 N–H and O–H groups in total. The fourth-order valence-corrected chi connectivity index (χ4v) is 2.66. The zero-order chi connectivity index (χ0) is 13.0. The van der Waals surface area contributed by atoms with Crippen LogP contribution in [0, 0.1) is 5.92 Å². The summed E-state index contributed by atoms with van der Waals surface area (Å²) >= 11 is 0. The van der Waals surface area contributed by atoms with Gasteiger partial charge in [-0.05, 0) is 25.7 Å². The van der Waals surface area contributed by atoms with Gasteiger partial charge in [0.05, 0.1) is 12.5 Å². The van der Waals surface area contributed by atoms with Crippen LogP contribution < -0.4 is 0 Å². The lowest BCUT2D eigenvalue weighted by molar-refractivity contribution is 0.0273. The Labute approximate surface area is 108 Å². The van der Waals surface area contributed by atoms with Crippen molar-refractivity contribution >= 4 is 0 Å². The van der Waals surface area contributed by atoms with Gasteiger partial charge >= 0.3 is 0 Å². The van der Waals surface area contributed by atoms with Gasteiger partial charge in [-0.25, -0.2) is 0 Å². The normalized spacial score (nSPS) is 20.8. The van der Waals surface area contributed by atoms with Crippen molar-refractivity contribution in [2.24, 2.45) is 5.92 Å². The third kappa shape index (κ3) is 3.29. The second-order valence-corrected chi connectivity index (χ2v) is 5.15. The first-order chi connectivity index (χ1) is 8.70. The second kappa shape index (κ2) is 6.29. The lowest BCUT2D eigenvalue weighted by Crippen LogP contribution is -2.19. The molecular formula is C13H22N2O3. The lowest BCUT2D eigenvalue weighted by Gasteiger charge is -2.26. The number of methoxy groups -OCH3 is 1. The van der Waals surface area contributed by atoms with E-state index in [0.717, 1.165) is 0 Å². The van der Waals surface area contributed by atoms with Gasteiger partial charge < -0.3 is 14.4 Å². The van der Waals surface area contributed by atoms with Crippen molar-refractivity contribution in [1.82, 2.24) is 10.1 Å². The number of ether oxygens (including phenoxy) is 1. The maximum atomic E-state index is 9.30. The Balaban J connectivity index is 2.04. The zero-order valence-electron chi connectivity index (χ0n) is 11.1. The van der Waals surface area contributed by atoms with E-state index < -0.39 is 6.10 Å². The second-order valence-electron chi connectivity index (χ2n) is 5.15. The van der Waals surface area contributed by atoms with E-state index >= 15 is 0 Å². The highest BCUT2D eigenvalue weighted by Gasteiger charge is 2.28. The SMILES string of the molecule is COC(c1noc(CC(C)O)n1)C1CCCCC1. The Morgan fingerprint density at radius 3 is 2.72 bits per heavy atom. The van der Waals surface area contributed by atoms with Crippen molar-refractivity contribution in [3.8, 4) is 0 Å². The van der Waals surface area contributed by atoms with Gasteiger partial charge in [-0.2, -0.15) is 4.98 Å². The van der Waals surface area contributed by atoms with E-state index in [2.05, 4.69) is 10.1 Å². The monoisotopic (exact) mass is 254 g/mol. The summed E-state index contributed by atoms with van der Waals surface area (Å²) in [4.78, 5) is 4.33. The first kappa shape index (κ1) is 13.5. The average molecular weight is 254 g/mol. The van der Waals surface area contributed by atoms with E-state index in [1.807, 2.05) is 0 Å². The fourth-order valence-electron chi connectivity index (χ4n) is 2.66. The molecule has 0 bridgehead atoms. The van der Waals surface area contributed by atoms with Crippen LogP contribution >= 0.6 is 0 Å². The largest absolute Gasteiger partial charge is 0.393 e. The van der Waals surface area contributed by atoms with Crippen LogP contribution in [0.1, 0.15) is 56.8 Å². The molecule has 5 nitrogen and oxygen atoms in total. The summed E-state index contributed by atoms with van der Waals surface area (Å²) in [6.45, 7) is 1.71. The molecule has 102 valence electrons. The van der Waals surface area contributed by atoms with Gasteiger partial charge in [-0.15, -0.1) is 0 Å². The van der Waals surface area contributed by atoms with Crippen molar-refractivity contribution in [3.63, 3.8) is 0 Å². The molecule has 18 heavy (non-hydrogen) atoms. The third-order valence-corrected chi connectivity index (χ3v) is 3.54. The molecule has 1 heterocycles. The molecule has 2 unspecified atom stereocenters. The van der Waals surface area contributed by atoms with Crippen LogP contribution in [0.3, 0.4) is 0 Å². The van der Waals surface area contributed by atoms with Crippen molar-refractivity contribution in [2.45, 2.75) is 57.7 Å². The summed E-state index contributed by atoms with van der Waals surface area (Å²) in [7, 11) is 1.70. The van der Waals surface area contributed by atoms with Gasteiger partial charge in [0.25, 0.3) is 0 Å². The van der Waals surface area contributed by atoms with E-state index in [0.29, 0.717) is 24.1 Å². The summed E-state index contributed by atoms with van der Waals surface area (Å²) in [5.74, 6) is 1.60. The average Bonchev–Trinajstić information content (AvgIpc) is 2.79. The highest BCUT2D eigenvalue weighted by molar-refractivity contribution is 4.95. The molecule has 0 aromatic carbocycles. The quantitative estimate of drug-likeness (QED) is 0.873. The minimum absolute atomic E-state index is 0.0724. The molecule has 0 spiro atoms. The topological polar surface area (TPSA) is 68.4 Å². The minimum atomic E-state index is -0.464. The number of aromatic nitrogens is 2. The summed E-state index contributed by atoms with van der Waals surface area (Å²) in [5, 5.41) is 13.3. The Morgan fingerprint density at radius 1 is 1.39 bits per heavy atom. The van der Waals surface area contributed by atoms with E-state index in [-0.39, 0.29) is 6.10 Å². The fraction of sp³-hybridized carbons (Fsp3) is 0.846. The summed E-state index contributed by atoms with van der Waals surface area (Å²) in [6, 6.07) is 0.